The van der Waals surface area contributed by atoms with Crippen LogP contribution in [0, 0.1) is 0 Å². The van der Waals surface area contributed by atoms with Crippen molar-refractivity contribution in [1.29, 1.82) is 0 Å². The summed E-state index contributed by atoms with van der Waals surface area (Å²) in [5.74, 6) is 0.708. The molecule has 5 nitrogen and oxygen atoms in total. The number of carbonyl (C=O) groups excluding carboxylic acids is 1. The maximum atomic E-state index is 11.6. The number of fused-ring (bicyclic) bond motifs is 1. The molecule has 1 aromatic rings. The molecule has 0 atom stereocenters. The van der Waals surface area contributed by atoms with E-state index in [1.165, 1.54) is 0 Å². The number of hydrogen-bond donors (Lipinski definition) is 2. The van der Waals surface area contributed by atoms with E-state index in [4.69, 9.17) is 10.5 Å². The number of amides is 1. The van der Waals surface area contributed by atoms with Crippen LogP contribution in [0.2, 0.25) is 0 Å². The molecule has 0 bridgehead atoms. The van der Waals surface area contributed by atoms with Crippen LogP contribution in [0.3, 0.4) is 0 Å². The minimum atomic E-state index is -0.183. The Morgan fingerprint density at radius 1 is 1.47 bits per heavy atom. The molecule has 0 aromatic heterocycles. The topological polar surface area (TPSA) is 67.6 Å². The number of carbonyl (C=O) groups is 1. The molecule has 0 saturated heterocycles. The lowest BCUT2D eigenvalue weighted by atomic mass is 10.0. The monoisotopic (exact) mass is 263 g/mol. The van der Waals surface area contributed by atoms with Gasteiger partial charge < -0.3 is 20.7 Å². The molecule has 104 valence electrons. The third-order valence-electron chi connectivity index (χ3n) is 3.14. The van der Waals surface area contributed by atoms with Crippen molar-refractivity contribution < 1.29 is 9.53 Å². The number of nitrogens with one attached hydrogen (secondary N) is 1. The number of nitrogens with zero attached hydrogens (tertiary/aromatic N) is 1. The van der Waals surface area contributed by atoms with E-state index in [0.717, 1.165) is 30.1 Å². The number of ether oxygens (including phenoxy) is 1. The van der Waals surface area contributed by atoms with E-state index < -0.39 is 0 Å². The highest BCUT2D eigenvalue weighted by molar-refractivity contribution is 5.97. The van der Waals surface area contributed by atoms with Crippen LogP contribution in [0.5, 0.6) is 5.75 Å². The summed E-state index contributed by atoms with van der Waals surface area (Å²) in [5, 5.41) is 3.31. The van der Waals surface area contributed by atoms with Crippen molar-refractivity contribution in [2.24, 2.45) is 5.73 Å². The van der Waals surface area contributed by atoms with Gasteiger partial charge in [0.05, 0.1) is 5.69 Å². The summed E-state index contributed by atoms with van der Waals surface area (Å²) < 4.78 is 5.38. The van der Waals surface area contributed by atoms with Gasteiger partial charge in [-0.1, -0.05) is 0 Å². The molecule has 3 N–H and O–H groups in total. The molecular weight excluding hydrogens is 242 g/mol. The van der Waals surface area contributed by atoms with E-state index in [1.54, 1.807) is 11.9 Å². The third-order valence-corrected chi connectivity index (χ3v) is 3.14. The molecule has 19 heavy (non-hydrogen) atoms. The lowest BCUT2D eigenvalue weighted by Gasteiger charge is -2.26. The van der Waals surface area contributed by atoms with Gasteiger partial charge in [0, 0.05) is 24.8 Å². The normalized spacial score (nSPS) is 14.9. The number of benzene rings is 1. The van der Waals surface area contributed by atoms with Crippen LogP contribution in [-0.4, -0.2) is 31.6 Å². The first-order valence-corrected chi connectivity index (χ1v) is 6.43. The summed E-state index contributed by atoms with van der Waals surface area (Å²) >= 11 is 0. The lowest BCUT2D eigenvalue weighted by Crippen LogP contribution is -2.35. The van der Waals surface area contributed by atoms with E-state index in [0.29, 0.717) is 0 Å². The number of hydrogen-bond acceptors (Lipinski definition) is 4. The maximum Gasteiger partial charge on any atom is 0.264 e. The highest BCUT2D eigenvalue weighted by Gasteiger charge is 2.22. The Morgan fingerprint density at radius 3 is 2.89 bits per heavy atom. The van der Waals surface area contributed by atoms with Crippen LogP contribution >= 0.6 is 0 Å². The summed E-state index contributed by atoms with van der Waals surface area (Å²) in [6.45, 7) is 4.90. The molecule has 1 aliphatic rings. The molecule has 1 amide bonds. The Kier molecular flexibility index (Phi) is 3.66. The molecule has 1 aliphatic heterocycles. The molecular formula is C14H21N3O2. The summed E-state index contributed by atoms with van der Waals surface area (Å²) in [7, 11) is 1.76. The van der Waals surface area contributed by atoms with Gasteiger partial charge in [0.15, 0.2) is 6.61 Å². The minimum absolute atomic E-state index is 0.0345. The van der Waals surface area contributed by atoms with Gasteiger partial charge in [0.1, 0.15) is 5.75 Å². The van der Waals surface area contributed by atoms with E-state index in [1.807, 2.05) is 32.0 Å². The molecule has 1 aromatic carbocycles. The molecule has 0 fully saturated rings. The van der Waals surface area contributed by atoms with E-state index >= 15 is 0 Å². The highest BCUT2D eigenvalue weighted by atomic mass is 16.5. The van der Waals surface area contributed by atoms with Gasteiger partial charge in [-0.3, -0.25) is 4.79 Å². The van der Waals surface area contributed by atoms with Crippen LogP contribution in [0.25, 0.3) is 0 Å². The summed E-state index contributed by atoms with van der Waals surface area (Å²) in [6.07, 6.45) is 0.870. The molecule has 2 rings (SSSR count). The van der Waals surface area contributed by atoms with Crippen molar-refractivity contribution >= 4 is 17.3 Å². The molecule has 0 unspecified atom stereocenters. The zero-order valence-electron chi connectivity index (χ0n) is 11.7. The fourth-order valence-electron chi connectivity index (χ4n) is 1.91. The third kappa shape index (κ3) is 3.38. The average Bonchev–Trinajstić information content (AvgIpc) is 2.33. The van der Waals surface area contributed by atoms with Gasteiger partial charge in [-0.05, 0) is 38.5 Å². The zero-order valence-corrected chi connectivity index (χ0v) is 11.7. The quantitative estimate of drug-likeness (QED) is 0.865. The predicted octanol–water partition coefficient (Wildman–Crippen LogP) is 1.58. The molecule has 5 heteroatoms. The zero-order chi connectivity index (χ0) is 14.0. The van der Waals surface area contributed by atoms with Crippen LogP contribution in [0.1, 0.15) is 20.3 Å². The van der Waals surface area contributed by atoms with Crippen LogP contribution in [0.4, 0.5) is 11.4 Å². The average molecular weight is 263 g/mol. The highest BCUT2D eigenvalue weighted by Crippen LogP contribution is 2.33. The van der Waals surface area contributed by atoms with Gasteiger partial charge >= 0.3 is 0 Å². The van der Waals surface area contributed by atoms with Crippen molar-refractivity contribution in [2.45, 2.75) is 25.8 Å². The van der Waals surface area contributed by atoms with Crippen molar-refractivity contribution in [1.82, 2.24) is 0 Å². The van der Waals surface area contributed by atoms with E-state index in [-0.39, 0.29) is 18.1 Å². The Labute approximate surface area is 113 Å². The second kappa shape index (κ2) is 5.09. The maximum absolute atomic E-state index is 11.6. The second-order valence-corrected chi connectivity index (χ2v) is 5.59. The largest absolute Gasteiger partial charge is 0.482 e. The fourth-order valence-corrected chi connectivity index (χ4v) is 1.91. The first-order valence-electron chi connectivity index (χ1n) is 6.43. The Morgan fingerprint density at radius 2 is 2.21 bits per heavy atom. The van der Waals surface area contributed by atoms with Gasteiger partial charge in [-0.15, -0.1) is 0 Å². The molecule has 1 heterocycles. The van der Waals surface area contributed by atoms with Crippen LogP contribution in [-0.2, 0) is 4.79 Å². The summed E-state index contributed by atoms with van der Waals surface area (Å²) in [5.41, 5.74) is 7.52. The van der Waals surface area contributed by atoms with Crippen molar-refractivity contribution in [3.05, 3.63) is 18.2 Å². The Hall–Kier alpha value is -1.75. The standard InChI is InChI=1S/C14H21N3O2/c1-14(2,15)6-7-16-10-4-5-12-11(8-10)17(3)13(18)9-19-12/h4-5,8,16H,6-7,9,15H2,1-3H3. The van der Waals surface area contributed by atoms with Gasteiger partial charge in [-0.25, -0.2) is 0 Å². The van der Waals surface area contributed by atoms with Crippen LogP contribution in [0.15, 0.2) is 18.2 Å². The minimum Gasteiger partial charge on any atom is -0.482 e. The lowest BCUT2D eigenvalue weighted by molar-refractivity contribution is -0.120. The Balaban J connectivity index is 2.06. The van der Waals surface area contributed by atoms with E-state index in [9.17, 15) is 4.79 Å². The number of anilines is 2. The molecule has 0 saturated carbocycles. The first kappa shape index (κ1) is 13.7. The smallest absolute Gasteiger partial charge is 0.264 e. The number of rotatable bonds is 4. The predicted molar refractivity (Wildman–Crippen MR) is 76.7 cm³/mol. The number of nitrogens with two attached hydrogens (primary N) is 1. The van der Waals surface area contributed by atoms with Gasteiger partial charge in [0.25, 0.3) is 5.91 Å². The van der Waals surface area contributed by atoms with Crippen molar-refractivity contribution in [3.63, 3.8) is 0 Å². The SMILES string of the molecule is CN1C(=O)COc2ccc(NCCC(C)(C)N)cc21. The van der Waals surface area contributed by atoms with Crippen LogP contribution < -0.4 is 20.7 Å². The van der Waals surface area contributed by atoms with Crippen molar-refractivity contribution in [3.8, 4) is 5.75 Å². The van der Waals surface area contributed by atoms with Gasteiger partial charge in [-0.2, -0.15) is 0 Å². The van der Waals surface area contributed by atoms with Gasteiger partial charge in [0.2, 0.25) is 0 Å². The molecule has 0 radical (unpaired) electrons. The van der Waals surface area contributed by atoms with Crippen molar-refractivity contribution in [2.75, 3.05) is 30.4 Å². The molecule has 0 aliphatic carbocycles. The molecule has 0 spiro atoms. The number of likely N-dealkylation sites (N-methyl/N-ethyl adjacent to an activating group) is 1. The summed E-state index contributed by atoms with van der Waals surface area (Å²) in [4.78, 5) is 13.2. The summed E-state index contributed by atoms with van der Waals surface area (Å²) in [6, 6.07) is 5.76. The Bertz CT molecular complexity index is 480. The first-order chi connectivity index (χ1) is 8.87. The fraction of sp³-hybridized carbons (Fsp3) is 0.500. The second-order valence-electron chi connectivity index (χ2n) is 5.59. The van der Waals surface area contributed by atoms with E-state index in [2.05, 4.69) is 5.32 Å².